The molecule has 0 aliphatic carbocycles. The molecule has 15 heavy (non-hydrogen) atoms. The zero-order valence-corrected chi connectivity index (χ0v) is 10.3. The third-order valence-corrected chi connectivity index (χ3v) is 2.56. The van der Waals surface area contributed by atoms with Gasteiger partial charge in [-0.3, -0.25) is 4.68 Å². The first-order chi connectivity index (χ1) is 7.15. The average molecular weight is 209 g/mol. The minimum absolute atomic E-state index is 0.442. The van der Waals surface area contributed by atoms with E-state index in [0.29, 0.717) is 12.0 Å². The lowest BCUT2D eigenvalue weighted by Gasteiger charge is -2.20. The normalized spacial score (nSPS) is 13.4. The van der Waals surface area contributed by atoms with Gasteiger partial charge in [0.2, 0.25) is 0 Å². The van der Waals surface area contributed by atoms with Crippen LogP contribution < -0.4 is 5.32 Å². The van der Waals surface area contributed by atoms with Crippen molar-refractivity contribution in [2.45, 2.75) is 39.7 Å². The summed E-state index contributed by atoms with van der Waals surface area (Å²) in [6.45, 7) is 7.79. The van der Waals surface area contributed by atoms with Gasteiger partial charge in [0.1, 0.15) is 0 Å². The Bertz CT molecular complexity index is 278. The number of aromatic nitrogens is 2. The summed E-state index contributed by atoms with van der Waals surface area (Å²) < 4.78 is 1.97. The van der Waals surface area contributed by atoms with Gasteiger partial charge in [0.25, 0.3) is 0 Å². The van der Waals surface area contributed by atoms with Crippen LogP contribution in [0.1, 0.15) is 45.3 Å². The number of hydrogen-bond acceptors (Lipinski definition) is 2. The van der Waals surface area contributed by atoms with Crippen LogP contribution in [-0.4, -0.2) is 16.3 Å². The van der Waals surface area contributed by atoms with Crippen LogP contribution in [0.4, 0.5) is 0 Å². The Kier molecular flexibility index (Phi) is 4.82. The van der Waals surface area contributed by atoms with Crippen LogP contribution in [0, 0.1) is 5.92 Å². The van der Waals surface area contributed by atoms with E-state index < -0.39 is 0 Å². The van der Waals surface area contributed by atoms with Crippen molar-refractivity contribution in [1.82, 2.24) is 15.1 Å². The van der Waals surface area contributed by atoms with Gasteiger partial charge in [0, 0.05) is 19.3 Å². The predicted octanol–water partition coefficient (Wildman–Crippen LogP) is 2.51. The van der Waals surface area contributed by atoms with Gasteiger partial charge < -0.3 is 5.32 Å². The highest BCUT2D eigenvalue weighted by atomic mass is 15.3. The first kappa shape index (κ1) is 12.2. The van der Waals surface area contributed by atoms with Crippen LogP contribution >= 0.6 is 0 Å². The highest BCUT2D eigenvalue weighted by molar-refractivity contribution is 5.06. The van der Waals surface area contributed by atoms with E-state index in [2.05, 4.69) is 37.3 Å². The number of aryl methyl sites for hydroxylation is 1. The monoisotopic (exact) mass is 209 g/mol. The molecular formula is C12H23N3. The van der Waals surface area contributed by atoms with Gasteiger partial charge in [0.05, 0.1) is 5.69 Å². The Balaban J connectivity index is 2.67. The van der Waals surface area contributed by atoms with Crippen molar-refractivity contribution in [1.29, 1.82) is 0 Å². The smallest absolute Gasteiger partial charge is 0.0550 e. The Morgan fingerprint density at radius 2 is 2.20 bits per heavy atom. The molecule has 0 bridgehead atoms. The highest BCUT2D eigenvalue weighted by Crippen LogP contribution is 2.20. The second-order valence-electron chi connectivity index (χ2n) is 4.52. The summed E-state index contributed by atoms with van der Waals surface area (Å²) in [7, 11) is 2.01. The van der Waals surface area contributed by atoms with Crippen molar-refractivity contribution < 1.29 is 0 Å². The van der Waals surface area contributed by atoms with Crippen LogP contribution in [0.25, 0.3) is 0 Å². The Morgan fingerprint density at radius 1 is 1.47 bits per heavy atom. The molecular weight excluding hydrogens is 186 g/mol. The van der Waals surface area contributed by atoms with Gasteiger partial charge in [0.15, 0.2) is 0 Å². The lowest BCUT2D eigenvalue weighted by Crippen LogP contribution is -2.25. The largest absolute Gasteiger partial charge is 0.309 e. The summed E-state index contributed by atoms with van der Waals surface area (Å²) in [5.41, 5.74) is 1.29. The lowest BCUT2D eigenvalue weighted by atomic mass is 10.0. The van der Waals surface area contributed by atoms with Gasteiger partial charge >= 0.3 is 0 Å². The van der Waals surface area contributed by atoms with Crippen molar-refractivity contribution in [2.24, 2.45) is 13.0 Å². The topological polar surface area (TPSA) is 29.9 Å². The molecule has 3 nitrogen and oxygen atoms in total. The molecule has 0 saturated carbocycles. The lowest BCUT2D eigenvalue weighted by molar-refractivity contribution is 0.410. The summed E-state index contributed by atoms with van der Waals surface area (Å²) in [5.74, 6) is 0.703. The molecule has 3 heteroatoms. The molecule has 1 unspecified atom stereocenters. The second-order valence-corrected chi connectivity index (χ2v) is 4.52. The number of nitrogens with zero attached hydrogens (tertiary/aromatic N) is 2. The summed E-state index contributed by atoms with van der Waals surface area (Å²) in [6, 6.07) is 2.55. The van der Waals surface area contributed by atoms with Crippen LogP contribution in [0.3, 0.4) is 0 Å². The number of nitrogens with one attached hydrogen (secondary N) is 1. The molecule has 1 rings (SSSR count). The van der Waals surface area contributed by atoms with E-state index in [1.54, 1.807) is 0 Å². The first-order valence-corrected chi connectivity index (χ1v) is 5.86. The van der Waals surface area contributed by atoms with Crippen molar-refractivity contribution in [3.05, 3.63) is 18.0 Å². The Hall–Kier alpha value is -0.830. The molecule has 0 saturated heterocycles. The molecule has 1 N–H and O–H groups in total. The standard InChI is InChI=1S/C12H23N3/c1-5-7-13-11(9-10(2)3)12-6-8-14-15(12)4/h6,8,10-11,13H,5,7,9H2,1-4H3. The molecule has 1 heterocycles. The SMILES string of the molecule is CCCNC(CC(C)C)c1ccnn1C. The van der Waals surface area contributed by atoms with Gasteiger partial charge in [-0.15, -0.1) is 0 Å². The molecule has 0 aliphatic heterocycles. The van der Waals surface area contributed by atoms with Crippen LogP contribution in [0.15, 0.2) is 12.3 Å². The van der Waals surface area contributed by atoms with E-state index in [9.17, 15) is 0 Å². The van der Waals surface area contributed by atoms with E-state index in [-0.39, 0.29) is 0 Å². The van der Waals surface area contributed by atoms with Crippen LogP contribution in [0.5, 0.6) is 0 Å². The minimum Gasteiger partial charge on any atom is -0.309 e. The molecule has 0 amide bonds. The fourth-order valence-electron chi connectivity index (χ4n) is 1.82. The fraction of sp³-hybridized carbons (Fsp3) is 0.750. The third-order valence-electron chi connectivity index (χ3n) is 2.56. The molecule has 1 atom stereocenters. The molecule has 1 aromatic heterocycles. The van der Waals surface area contributed by atoms with E-state index >= 15 is 0 Å². The molecule has 86 valence electrons. The van der Waals surface area contributed by atoms with E-state index in [4.69, 9.17) is 0 Å². The van der Waals surface area contributed by atoms with Crippen LogP contribution in [0.2, 0.25) is 0 Å². The van der Waals surface area contributed by atoms with Crippen molar-refractivity contribution in [2.75, 3.05) is 6.54 Å². The zero-order chi connectivity index (χ0) is 11.3. The van der Waals surface area contributed by atoms with Gasteiger partial charge in [-0.2, -0.15) is 5.10 Å². The number of hydrogen-bond donors (Lipinski definition) is 1. The van der Waals surface area contributed by atoms with Crippen molar-refractivity contribution in [3.8, 4) is 0 Å². The van der Waals surface area contributed by atoms with E-state index in [0.717, 1.165) is 6.54 Å². The number of rotatable bonds is 6. The van der Waals surface area contributed by atoms with Crippen LogP contribution in [-0.2, 0) is 7.05 Å². The first-order valence-electron chi connectivity index (χ1n) is 5.86. The van der Waals surface area contributed by atoms with Gasteiger partial charge in [-0.1, -0.05) is 20.8 Å². The Morgan fingerprint density at radius 3 is 2.67 bits per heavy atom. The van der Waals surface area contributed by atoms with Gasteiger partial charge in [-0.25, -0.2) is 0 Å². The fourth-order valence-corrected chi connectivity index (χ4v) is 1.82. The third kappa shape index (κ3) is 3.67. The maximum atomic E-state index is 4.23. The maximum Gasteiger partial charge on any atom is 0.0550 e. The summed E-state index contributed by atoms with van der Waals surface area (Å²) in [4.78, 5) is 0. The minimum atomic E-state index is 0.442. The maximum absolute atomic E-state index is 4.23. The Labute approximate surface area is 92.9 Å². The quantitative estimate of drug-likeness (QED) is 0.780. The molecule has 0 aliphatic rings. The second kappa shape index (κ2) is 5.91. The van der Waals surface area contributed by atoms with Crippen molar-refractivity contribution in [3.63, 3.8) is 0 Å². The molecule has 0 fully saturated rings. The van der Waals surface area contributed by atoms with Gasteiger partial charge in [-0.05, 0) is 31.4 Å². The van der Waals surface area contributed by atoms with E-state index in [1.807, 2.05) is 17.9 Å². The summed E-state index contributed by atoms with van der Waals surface area (Å²) in [6.07, 6.45) is 4.21. The van der Waals surface area contributed by atoms with E-state index in [1.165, 1.54) is 18.5 Å². The molecule has 1 aromatic rings. The zero-order valence-electron chi connectivity index (χ0n) is 10.3. The highest BCUT2D eigenvalue weighted by Gasteiger charge is 2.15. The summed E-state index contributed by atoms with van der Waals surface area (Å²) in [5, 5.41) is 7.81. The predicted molar refractivity (Wildman–Crippen MR) is 63.7 cm³/mol. The molecule has 0 spiro atoms. The summed E-state index contributed by atoms with van der Waals surface area (Å²) >= 11 is 0. The van der Waals surface area contributed by atoms with Crippen molar-refractivity contribution >= 4 is 0 Å². The molecule has 0 radical (unpaired) electrons. The average Bonchev–Trinajstić information content (AvgIpc) is 2.58. The molecule has 0 aromatic carbocycles.